The summed E-state index contributed by atoms with van der Waals surface area (Å²) >= 11 is 12.9. The van der Waals surface area contributed by atoms with E-state index in [9.17, 15) is 51.1 Å². The Kier molecular flexibility index (Phi) is 16.2. The van der Waals surface area contributed by atoms with Gasteiger partial charge in [-0.25, -0.2) is 8.78 Å². The number of likely N-dealkylation sites (tertiary alicyclic amines) is 1. The molecule has 3 aliphatic heterocycles. The van der Waals surface area contributed by atoms with Crippen molar-refractivity contribution in [1.82, 2.24) is 35.6 Å². The quantitative estimate of drug-likeness (QED) is 0.250. The fraction of sp³-hybridized carbons (Fsp3) is 0.711. The average Bonchev–Trinajstić information content (AvgIpc) is 4.19. The van der Waals surface area contributed by atoms with Crippen LogP contribution in [-0.2, 0) is 40.0 Å². The maximum Gasteiger partial charge on any atom is 0.403 e. The third kappa shape index (κ3) is 11.4. The third-order valence-corrected chi connectivity index (χ3v) is 14.1. The van der Waals surface area contributed by atoms with E-state index in [4.69, 9.17) is 23.2 Å². The van der Waals surface area contributed by atoms with Crippen LogP contribution in [0.1, 0.15) is 97.0 Å². The van der Waals surface area contributed by atoms with Crippen LogP contribution in [0.5, 0.6) is 0 Å². The minimum absolute atomic E-state index is 0.0105. The molecule has 0 aromatic heterocycles. The van der Waals surface area contributed by atoms with E-state index in [2.05, 4.69) is 16.0 Å². The van der Waals surface area contributed by atoms with Gasteiger partial charge in [0.15, 0.2) is 0 Å². The number of nitrogens with zero attached hydrogens (tertiary/aromatic N) is 4. The van der Waals surface area contributed by atoms with Crippen LogP contribution >= 0.6 is 23.2 Å². The molecule has 1 aromatic rings. The van der Waals surface area contributed by atoms with E-state index in [1.54, 1.807) is 25.1 Å². The van der Waals surface area contributed by atoms with E-state index in [1.807, 2.05) is 13.8 Å². The molecule has 2 saturated carbocycles. The van der Waals surface area contributed by atoms with Gasteiger partial charge in [0.25, 0.3) is 0 Å². The van der Waals surface area contributed by atoms with E-state index in [-0.39, 0.29) is 69.1 Å². The standard InChI is InChI=1S/C45H60Cl2F5N7O7/c1-5-16-57-35(19-26-18-27(46)11-12-30(26)47)41(64)58-22-28(48)20-33(58)37(60)53-15-7-6-8-32(38(61)54-31(40(57)63)17-24(2)3)56(4)42(65)36(25-9-10-25)55-39(62)34-21-29(49)23-59(34)43(66)44(13-14-44)45(50,51)52/h11-12,18,24-25,28-29,31-36H,5-10,13-17,19-23H2,1-4H3,(H,53,60)(H,54,61)(H,55,62)/t28-,29-,31+,32+,33-,34-,35+,36+/m1/s1. The normalized spacial score (nSPS) is 28.2. The molecule has 0 spiro atoms. The Labute approximate surface area is 391 Å². The Morgan fingerprint density at radius 2 is 1.64 bits per heavy atom. The molecular formula is C45H60Cl2F5N7O7. The number of carbonyl (C=O) groups is 7. The highest BCUT2D eigenvalue weighted by Gasteiger charge is 2.70. The van der Waals surface area contributed by atoms with Crippen LogP contribution < -0.4 is 16.0 Å². The Hall–Kier alpha value is -4.26. The Morgan fingerprint density at radius 3 is 2.26 bits per heavy atom. The van der Waals surface area contributed by atoms with E-state index in [1.165, 1.54) is 11.9 Å². The summed E-state index contributed by atoms with van der Waals surface area (Å²) in [6.45, 7) is 4.45. The van der Waals surface area contributed by atoms with E-state index >= 15 is 4.39 Å². The minimum atomic E-state index is -4.89. The number of nitrogens with one attached hydrogen (secondary N) is 3. The lowest BCUT2D eigenvalue weighted by molar-refractivity contribution is -0.199. The number of hydrogen-bond donors (Lipinski definition) is 3. The van der Waals surface area contributed by atoms with Crippen molar-refractivity contribution in [3.8, 4) is 0 Å². The zero-order valence-corrected chi connectivity index (χ0v) is 39.1. The smallest absolute Gasteiger partial charge is 0.354 e. The second kappa shape index (κ2) is 20.9. The van der Waals surface area contributed by atoms with Crippen molar-refractivity contribution in [2.45, 2.75) is 153 Å². The maximum absolute atomic E-state index is 15.2. The van der Waals surface area contributed by atoms with Gasteiger partial charge >= 0.3 is 6.18 Å². The lowest BCUT2D eigenvalue weighted by Gasteiger charge is -2.38. The van der Waals surface area contributed by atoms with Gasteiger partial charge < -0.3 is 35.6 Å². The van der Waals surface area contributed by atoms with Gasteiger partial charge in [-0.3, -0.25) is 33.6 Å². The van der Waals surface area contributed by atoms with Crippen LogP contribution in [-0.4, -0.2) is 149 Å². The van der Waals surface area contributed by atoms with Gasteiger partial charge in [-0.1, -0.05) is 44.0 Å². The molecule has 0 bridgehead atoms. The van der Waals surface area contributed by atoms with Gasteiger partial charge in [0.2, 0.25) is 41.4 Å². The highest BCUT2D eigenvalue weighted by molar-refractivity contribution is 6.33. The summed E-state index contributed by atoms with van der Waals surface area (Å²) in [5.41, 5.74) is -2.27. The number of rotatable bonds is 12. The first kappa shape index (κ1) is 51.1. The Balaban J connectivity index is 1.30. The molecule has 2 aliphatic carbocycles. The van der Waals surface area contributed by atoms with Crippen LogP contribution in [0.15, 0.2) is 18.2 Å². The summed E-state index contributed by atoms with van der Waals surface area (Å²) < 4.78 is 71.9. The number of benzene rings is 1. The molecule has 0 unspecified atom stereocenters. The number of amides is 7. The lowest BCUT2D eigenvalue weighted by atomic mass is 9.97. The van der Waals surface area contributed by atoms with Gasteiger partial charge in [0.1, 0.15) is 54.0 Å². The monoisotopic (exact) mass is 975 g/mol. The van der Waals surface area contributed by atoms with Gasteiger partial charge in [-0.15, -0.1) is 0 Å². The molecular weight excluding hydrogens is 916 g/mol. The molecule has 6 rings (SSSR count). The van der Waals surface area contributed by atoms with Crippen molar-refractivity contribution in [3.05, 3.63) is 33.8 Å². The fourth-order valence-electron chi connectivity index (χ4n) is 9.53. The van der Waals surface area contributed by atoms with Gasteiger partial charge in [-0.2, -0.15) is 13.2 Å². The van der Waals surface area contributed by atoms with E-state index in [0.29, 0.717) is 34.7 Å². The lowest BCUT2D eigenvalue weighted by Crippen LogP contribution is -2.61. The first-order valence-electron chi connectivity index (χ1n) is 22.9. The molecule has 21 heteroatoms. The molecule has 3 saturated heterocycles. The van der Waals surface area contributed by atoms with Crippen LogP contribution in [0, 0.1) is 17.3 Å². The van der Waals surface area contributed by atoms with E-state index in [0.717, 1.165) is 9.80 Å². The van der Waals surface area contributed by atoms with Crippen LogP contribution in [0.4, 0.5) is 22.0 Å². The van der Waals surface area contributed by atoms with Crippen molar-refractivity contribution in [1.29, 1.82) is 0 Å². The molecule has 0 radical (unpaired) electrons. The van der Waals surface area contributed by atoms with Crippen LogP contribution in [0.2, 0.25) is 10.0 Å². The summed E-state index contributed by atoms with van der Waals surface area (Å²) in [6.07, 6.45) is -8.15. The number of hydrogen-bond acceptors (Lipinski definition) is 7. The zero-order chi connectivity index (χ0) is 48.4. The fourth-order valence-corrected chi connectivity index (χ4v) is 9.92. The van der Waals surface area contributed by atoms with Crippen molar-refractivity contribution in [2.24, 2.45) is 17.3 Å². The maximum atomic E-state index is 15.2. The molecule has 5 aliphatic rings. The number of halogens is 7. The largest absolute Gasteiger partial charge is 0.403 e. The molecule has 7 amide bonds. The predicted molar refractivity (Wildman–Crippen MR) is 233 cm³/mol. The van der Waals surface area contributed by atoms with Crippen molar-refractivity contribution in [3.63, 3.8) is 0 Å². The molecule has 3 heterocycles. The zero-order valence-electron chi connectivity index (χ0n) is 37.6. The molecule has 66 heavy (non-hydrogen) atoms. The second-order valence-electron chi connectivity index (χ2n) is 19.0. The number of alkyl halides is 5. The summed E-state index contributed by atoms with van der Waals surface area (Å²) in [5.74, 6) is -6.36. The van der Waals surface area contributed by atoms with Crippen molar-refractivity contribution in [2.75, 3.05) is 33.2 Å². The summed E-state index contributed by atoms with van der Waals surface area (Å²) in [4.78, 5) is 104. The summed E-state index contributed by atoms with van der Waals surface area (Å²) in [7, 11) is 1.35. The molecule has 366 valence electrons. The van der Waals surface area contributed by atoms with Gasteiger partial charge in [-0.05, 0) is 93.4 Å². The summed E-state index contributed by atoms with van der Waals surface area (Å²) in [5, 5.41) is 8.79. The average molecular weight is 977 g/mol. The first-order chi connectivity index (χ1) is 31.1. The van der Waals surface area contributed by atoms with Crippen molar-refractivity contribution >= 4 is 64.6 Å². The SMILES string of the molecule is CCCN1C(=O)[C@H](CC(C)C)NC(=O)[C@@H](N(C)C(=O)[C@@H](NC(=O)[C@H]2C[C@@H](F)CN2C(=O)C2(C(F)(F)F)CC2)C2CC2)CCCCNC(=O)[C@H]2C[C@@H](F)CN2C(=O)[C@@H]1Cc1cc(Cl)ccc1Cl. The number of likely N-dealkylation sites (N-methyl/N-ethyl adjacent to an activating group) is 1. The summed E-state index contributed by atoms with van der Waals surface area (Å²) in [6, 6.07) is -3.24. The molecule has 5 fully saturated rings. The highest BCUT2D eigenvalue weighted by atomic mass is 35.5. The minimum Gasteiger partial charge on any atom is -0.354 e. The number of carbonyl (C=O) groups excluding carboxylic acids is 7. The molecule has 1 aromatic carbocycles. The molecule has 8 atom stereocenters. The van der Waals surface area contributed by atoms with Crippen LogP contribution in [0.25, 0.3) is 0 Å². The van der Waals surface area contributed by atoms with Gasteiger partial charge in [0.05, 0.1) is 13.1 Å². The van der Waals surface area contributed by atoms with Crippen LogP contribution in [0.3, 0.4) is 0 Å². The topological polar surface area (TPSA) is 169 Å². The Bertz CT molecular complexity index is 2020. The van der Waals surface area contributed by atoms with E-state index < -0.39 is 133 Å². The van der Waals surface area contributed by atoms with Crippen molar-refractivity contribution < 1.29 is 55.5 Å². The molecule has 14 nitrogen and oxygen atoms in total. The first-order valence-corrected chi connectivity index (χ1v) is 23.7. The number of fused-ring (bicyclic) bond motifs is 1. The second-order valence-corrected chi connectivity index (χ2v) is 19.8. The molecule has 3 N–H and O–H groups in total. The highest BCUT2D eigenvalue weighted by Crippen LogP contribution is 2.59. The van der Waals surface area contributed by atoms with Gasteiger partial charge in [0, 0.05) is 49.4 Å². The third-order valence-electron chi connectivity index (χ3n) is 13.5. The predicted octanol–water partition coefficient (Wildman–Crippen LogP) is 4.92. The Morgan fingerprint density at radius 1 is 0.955 bits per heavy atom.